The van der Waals surface area contributed by atoms with E-state index in [1.165, 1.54) is 16.6 Å². The van der Waals surface area contributed by atoms with Crippen molar-refractivity contribution in [2.45, 2.75) is 51.6 Å². The molecular formula is C25H28N2O5S2. The summed E-state index contributed by atoms with van der Waals surface area (Å²) >= 11 is 1.08. The molecule has 0 aliphatic heterocycles. The number of benzene rings is 2. The van der Waals surface area contributed by atoms with Crippen LogP contribution >= 0.6 is 11.3 Å². The Kier molecular flexibility index (Phi) is 7.78. The Labute approximate surface area is 204 Å². The first-order valence-electron chi connectivity index (χ1n) is 10.7. The summed E-state index contributed by atoms with van der Waals surface area (Å²) in [5.41, 5.74) is 5.03. The predicted octanol–water partition coefficient (Wildman–Crippen LogP) is 5.35. The molecule has 1 N–H and O–H groups in total. The van der Waals surface area contributed by atoms with E-state index in [1.807, 2.05) is 65.0 Å². The van der Waals surface area contributed by atoms with Gasteiger partial charge in [0.05, 0.1) is 5.69 Å². The van der Waals surface area contributed by atoms with Gasteiger partial charge in [0, 0.05) is 23.7 Å². The molecule has 0 bridgehead atoms. The number of nitrogens with zero attached hydrogens (tertiary/aromatic N) is 2. The topological polar surface area (TPSA) is 96.8 Å². The van der Waals surface area contributed by atoms with Gasteiger partial charge in [-0.15, -0.1) is 11.3 Å². The number of carboxylic acid groups (broad SMARTS) is 1. The SMILES string of the molecule is Cc1cc(OCc2ccc(C=CC(=O)O)cc2C)c(N(C(C)C)S(=O)(=O)c2nccs2)cc1C. The number of carbonyl (C=O) groups is 1. The van der Waals surface area contributed by atoms with Crippen molar-refractivity contribution in [3.05, 3.63) is 75.8 Å². The highest BCUT2D eigenvalue weighted by molar-refractivity contribution is 7.94. The standard InChI is InChI=1S/C25H28N2O5S2/c1-16(2)27(34(30,31)25-26-10-11-33-25)22-13-17(3)18(4)14-23(22)32-15-21-8-6-20(12-19(21)5)7-9-24(28)29/h6-14,16H,15H2,1-5H3,(H,28,29). The van der Waals surface area contributed by atoms with Crippen molar-refractivity contribution >= 4 is 39.1 Å². The first-order chi connectivity index (χ1) is 16.0. The summed E-state index contributed by atoms with van der Waals surface area (Å²) in [6.07, 6.45) is 4.10. The number of sulfonamides is 1. The summed E-state index contributed by atoms with van der Waals surface area (Å²) in [5, 5.41) is 10.5. The molecule has 0 aliphatic rings. The third-order valence-electron chi connectivity index (χ3n) is 5.34. The number of hydrogen-bond donors (Lipinski definition) is 1. The predicted molar refractivity (Wildman–Crippen MR) is 135 cm³/mol. The molecule has 0 spiro atoms. The number of hydrogen-bond acceptors (Lipinski definition) is 6. The maximum Gasteiger partial charge on any atom is 0.328 e. The molecule has 0 unspecified atom stereocenters. The van der Waals surface area contributed by atoms with Gasteiger partial charge in [-0.3, -0.25) is 4.31 Å². The molecule has 0 saturated heterocycles. The second-order valence-electron chi connectivity index (χ2n) is 8.24. The van der Waals surface area contributed by atoms with Gasteiger partial charge in [0.15, 0.2) is 0 Å². The summed E-state index contributed by atoms with van der Waals surface area (Å²) in [6.45, 7) is 9.68. The minimum atomic E-state index is -3.87. The van der Waals surface area contributed by atoms with E-state index in [-0.39, 0.29) is 17.0 Å². The number of carboxylic acids is 1. The van der Waals surface area contributed by atoms with Crippen LogP contribution in [0.1, 0.15) is 41.7 Å². The molecule has 2 aromatic carbocycles. The molecule has 1 aromatic heterocycles. The van der Waals surface area contributed by atoms with Crippen molar-refractivity contribution in [1.82, 2.24) is 4.98 Å². The Morgan fingerprint density at radius 2 is 1.85 bits per heavy atom. The number of aryl methyl sites for hydroxylation is 3. The van der Waals surface area contributed by atoms with Gasteiger partial charge >= 0.3 is 5.97 Å². The number of thiazole rings is 1. The molecule has 7 nitrogen and oxygen atoms in total. The van der Waals surface area contributed by atoms with Gasteiger partial charge in [-0.25, -0.2) is 9.78 Å². The average molecular weight is 501 g/mol. The quantitative estimate of drug-likeness (QED) is 0.398. The summed E-state index contributed by atoms with van der Waals surface area (Å²) in [7, 11) is -3.87. The lowest BCUT2D eigenvalue weighted by Gasteiger charge is -2.29. The van der Waals surface area contributed by atoms with Crippen molar-refractivity contribution in [1.29, 1.82) is 0 Å². The second-order valence-corrected chi connectivity index (χ2v) is 11.1. The van der Waals surface area contributed by atoms with Gasteiger partial charge in [0.1, 0.15) is 12.4 Å². The highest BCUT2D eigenvalue weighted by Gasteiger charge is 2.32. The molecule has 180 valence electrons. The third-order valence-corrected chi connectivity index (χ3v) is 8.51. The molecule has 1 heterocycles. The van der Waals surface area contributed by atoms with Gasteiger partial charge in [-0.05, 0) is 80.6 Å². The zero-order valence-corrected chi connectivity index (χ0v) is 21.4. The molecule has 0 radical (unpaired) electrons. The van der Waals surface area contributed by atoms with Crippen LogP contribution in [0, 0.1) is 20.8 Å². The molecule has 0 atom stereocenters. The minimum Gasteiger partial charge on any atom is -0.487 e. The lowest BCUT2D eigenvalue weighted by molar-refractivity contribution is -0.131. The van der Waals surface area contributed by atoms with Gasteiger partial charge in [-0.2, -0.15) is 8.42 Å². The van der Waals surface area contributed by atoms with Crippen LogP contribution in [0.25, 0.3) is 6.08 Å². The van der Waals surface area contributed by atoms with Crippen molar-refractivity contribution in [2.75, 3.05) is 4.31 Å². The maximum atomic E-state index is 13.4. The molecule has 0 saturated carbocycles. The van der Waals surface area contributed by atoms with Crippen LogP contribution in [-0.4, -0.2) is 30.5 Å². The highest BCUT2D eigenvalue weighted by atomic mass is 32.2. The fraction of sp³-hybridized carbons (Fsp3) is 0.280. The van der Waals surface area contributed by atoms with Gasteiger partial charge in [0.2, 0.25) is 4.34 Å². The van der Waals surface area contributed by atoms with E-state index in [0.29, 0.717) is 11.4 Å². The van der Waals surface area contributed by atoms with Crippen LogP contribution < -0.4 is 9.04 Å². The zero-order valence-electron chi connectivity index (χ0n) is 19.8. The fourth-order valence-corrected chi connectivity index (χ4v) is 6.05. The first-order valence-corrected chi connectivity index (χ1v) is 13.0. The van der Waals surface area contributed by atoms with E-state index < -0.39 is 16.0 Å². The number of anilines is 1. The zero-order chi connectivity index (χ0) is 25.0. The number of rotatable bonds is 9. The van der Waals surface area contributed by atoms with E-state index in [0.717, 1.165) is 45.2 Å². The lowest BCUT2D eigenvalue weighted by Crippen LogP contribution is -2.37. The summed E-state index contributed by atoms with van der Waals surface area (Å²) in [5.74, 6) is -0.541. The van der Waals surface area contributed by atoms with Crippen LogP contribution in [-0.2, 0) is 21.4 Å². The number of ether oxygens (including phenoxy) is 1. The lowest BCUT2D eigenvalue weighted by atomic mass is 10.0. The Morgan fingerprint density at radius 3 is 2.44 bits per heavy atom. The van der Waals surface area contributed by atoms with E-state index in [4.69, 9.17) is 9.84 Å². The molecular weight excluding hydrogens is 472 g/mol. The van der Waals surface area contributed by atoms with Gasteiger partial charge in [-0.1, -0.05) is 18.2 Å². The van der Waals surface area contributed by atoms with Gasteiger partial charge in [0.25, 0.3) is 10.0 Å². The van der Waals surface area contributed by atoms with Gasteiger partial charge < -0.3 is 9.84 Å². The number of aliphatic carboxylic acids is 1. The molecule has 0 amide bonds. The largest absolute Gasteiger partial charge is 0.487 e. The van der Waals surface area contributed by atoms with Crippen LogP contribution in [0.2, 0.25) is 0 Å². The van der Waals surface area contributed by atoms with Crippen LogP contribution in [0.4, 0.5) is 5.69 Å². The van der Waals surface area contributed by atoms with Crippen molar-refractivity contribution in [2.24, 2.45) is 0 Å². The molecule has 3 rings (SSSR count). The maximum absolute atomic E-state index is 13.4. The van der Waals surface area contributed by atoms with E-state index in [1.54, 1.807) is 5.38 Å². The monoisotopic (exact) mass is 500 g/mol. The Bertz CT molecular complexity index is 1310. The van der Waals surface area contributed by atoms with Crippen LogP contribution in [0.15, 0.2) is 52.3 Å². The van der Waals surface area contributed by atoms with Crippen molar-refractivity contribution < 1.29 is 23.1 Å². The molecule has 0 fully saturated rings. The first kappa shape index (κ1) is 25.5. The normalized spacial score (nSPS) is 11.8. The van der Waals surface area contributed by atoms with Crippen molar-refractivity contribution in [3.63, 3.8) is 0 Å². The summed E-state index contributed by atoms with van der Waals surface area (Å²) in [6, 6.07) is 8.91. The van der Waals surface area contributed by atoms with E-state index in [2.05, 4.69) is 4.98 Å². The van der Waals surface area contributed by atoms with E-state index in [9.17, 15) is 13.2 Å². The molecule has 0 aliphatic carbocycles. The Hall–Kier alpha value is -3.17. The molecule has 9 heteroatoms. The highest BCUT2D eigenvalue weighted by Crippen LogP contribution is 2.37. The van der Waals surface area contributed by atoms with Crippen molar-refractivity contribution in [3.8, 4) is 5.75 Å². The second kappa shape index (κ2) is 10.4. The Morgan fingerprint density at radius 1 is 1.15 bits per heavy atom. The number of aromatic nitrogens is 1. The summed E-state index contributed by atoms with van der Waals surface area (Å²) < 4.78 is 34.4. The Balaban J connectivity index is 1.97. The van der Waals surface area contributed by atoms with Crippen LogP contribution in [0.3, 0.4) is 0 Å². The van der Waals surface area contributed by atoms with E-state index >= 15 is 0 Å². The molecule has 34 heavy (non-hydrogen) atoms. The van der Waals surface area contributed by atoms with Crippen LogP contribution in [0.5, 0.6) is 5.75 Å². The molecule has 3 aromatic rings. The smallest absolute Gasteiger partial charge is 0.328 e. The minimum absolute atomic E-state index is 0.0335. The fourth-order valence-electron chi connectivity index (χ4n) is 3.48. The third kappa shape index (κ3) is 5.66. The summed E-state index contributed by atoms with van der Waals surface area (Å²) in [4.78, 5) is 14.8. The average Bonchev–Trinajstić information content (AvgIpc) is 3.30.